The molecule has 2 N–H and O–H groups in total. The molecule has 2 atom stereocenters. The summed E-state index contributed by atoms with van der Waals surface area (Å²) in [6, 6.07) is 0. The van der Waals surface area contributed by atoms with Crippen molar-refractivity contribution in [2.45, 2.75) is 91.6 Å². The molecule has 0 bridgehead atoms. The van der Waals surface area contributed by atoms with Crippen molar-refractivity contribution in [3.05, 3.63) is 46.6 Å². The number of nitrogens with zero attached hydrogens (tertiary/aromatic N) is 2. The molecular formula is C26H42N4O2S. The van der Waals surface area contributed by atoms with Gasteiger partial charge in [0.1, 0.15) is 0 Å². The van der Waals surface area contributed by atoms with Gasteiger partial charge in [-0.1, -0.05) is 34.4 Å². The maximum absolute atomic E-state index is 12.2. The Morgan fingerprint density at radius 1 is 0.727 bits per heavy atom. The zero-order chi connectivity index (χ0) is 25.2. The fourth-order valence-corrected chi connectivity index (χ4v) is 3.45. The van der Waals surface area contributed by atoms with Crippen LogP contribution in [-0.2, 0) is 9.59 Å². The number of nitrogens with one attached hydrogen (secondary N) is 2. The second-order valence-corrected chi connectivity index (χ2v) is 10.3. The van der Waals surface area contributed by atoms with Crippen LogP contribution in [0, 0.1) is 0 Å². The van der Waals surface area contributed by atoms with E-state index < -0.39 is 10.5 Å². The second-order valence-electron chi connectivity index (χ2n) is 8.60. The molecule has 0 saturated heterocycles. The molecule has 0 rings (SSSR count). The van der Waals surface area contributed by atoms with Crippen molar-refractivity contribution in [2.75, 3.05) is 0 Å². The van der Waals surface area contributed by atoms with E-state index in [9.17, 15) is 9.59 Å². The summed E-state index contributed by atoms with van der Waals surface area (Å²) in [6.45, 7) is 15.9. The molecule has 0 aromatic heterocycles. The van der Waals surface area contributed by atoms with Crippen molar-refractivity contribution in [3.8, 4) is 0 Å². The largest absolute Gasteiger partial charge is 0.272 e. The highest BCUT2D eigenvalue weighted by Gasteiger charge is 2.21. The van der Waals surface area contributed by atoms with E-state index in [0.717, 1.165) is 25.7 Å². The summed E-state index contributed by atoms with van der Waals surface area (Å²) < 4.78 is 0. The van der Waals surface area contributed by atoms with Crippen LogP contribution in [-0.4, -0.2) is 34.7 Å². The molecule has 0 aliphatic rings. The highest BCUT2D eigenvalue weighted by atomic mass is 32.2. The van der Waals surface area contributed by atoms with Crippen LogP contribution < -0.4 is 10.9 Å². The van der Waals surface area contributed by atoms with Crippen LogP contribution in [0.25, 0.3) is 0 Å². The van der Waals surface area contributed by atoms with Gasteiger partial charge in [0.25, 0.3) is 11.8 Å². The molecule has 0 aromatic rings. The van der Waals surface area contributed by atoms with Gasteiger partial charge in [0, 0.05) is 12.4 Å². The summed E-state index contributed by atoms with van der Waals surface area (Å²) >= 11 is 1.26. The van der Waals surface area contributed by atoms with Crippen LogP contribution in [0.15, 0.2) is 56.8 Å². The topological polar surface area (TPSA) is 82.9 Å². The zero-order valence-corrected chi connectivity index (χ0v) is 22.4. The van der Waals surface area contributed by atoms with Gasteiger partial charge in [-0.2, -0.15) is 10.2 Å². The Kier molecular flexibility index (Phi) is 16.7. The summed E-state index contributed by atoms with van der Waals surface area (Å²) in [4.78, 5) is 24.4. The van der Waals surface area contributed by atoms with Gasteiger partial charge < -0.3 is 0 Å². The first-order valence-electron chi connectivity index (χ1n) is 11.4. The Balaban J connectivity index is 4.37. The van der Waals surface area contributed by atoms with E-state index >= 15 is 0 Å². The Bertz CT molecular complexity index is 733. The van der Waals surface area contributed by atoms with Crippen LogP contribution >= 0.6 is 11.8 Å². The number of hydrogen-bond acceptors (Lipinski definition) is 5. The van der Waals surface area contributed by atoms with Crippen molar-refractivity contribution < 1.29 is 9.59 Å². The predicted octanol–water partition coefficient (Wildman–Crippen LogP) is 6.09. The molecule has 0 aromatic carbocycles. The van der Waals surface area contributed by atoms with E-state index in [1.165, 1.54) is 34.1 Å². The van der Waals surface area contributed by atoms with Gasteiger partial charge >= 0.3 is 0 Å². The predicted molar refractivity (Wildman–Crippen MR) is 145 cm³/mol. The van der Waals surface area contributed by atoms with E-state index in [-0.39, 0.29) is 11.8 Å². The van der Waals surface area contributed by atoms with Gasteiger partial charge in [-0.15, -0.1) is 11.8 Å². The lowest BCUT2D eigenvalue weighted by Crippen LogP contribution is -2.33. The van der Waals surface area contributed by atoms with E-state index in [0.29, 0.717) is 0 Å². The molecule has 0 fully saturated rings. The maximum Gasteiger partial charge on any atom is 0.252 e. The summed E-state index contributed by atoms with van der Waals surface area (Å²) in [5, 5.41) is 7.10. The number of amides is 2. The number of hydrogen-bond donors (Lipinski definition) is 2. The van der Waals surface area contributed by atoms with Crippen LogP contribution in [0.2, 0.25) is 0 Å². The number of allylic oxidation sites excluding steroid dienone is 8. The van der Waals surface area contributed by atoms with Gasteiger partial charge in [-0.05, 0) is 93.2 Å². The fourth-order valence-electron chi connectivity index (χ4n) is 2.49. The lowest BCUT2D eigenvalue weighted by Gasteiger charge is -2.14. The lowest BCUT2D eigenvalue weighted by atomic mass is 10.1. The smallest absolute Gasteiger partial charge is 0.252 e. The molecule has 33 heavy (non-hydrogen) atoms. The average molecular weight is 475 g/mol. The van der Waals surface area contributed by atoms with Crippen molar-refractivity contribution in [1.82, 2.24) is 10.9 Å². The summed E-state index contributed by atoms with van der Waals surface area (Å²) in [5.41, 5.74) is 10.0. The van der Waals surface area contributed by atoms with Gasteiger partial charge in [0.2, 0.25) is 0 Å². The molecule has 0 spiro atoms. The molecule has 2 amide bonds. The van der Waals surface area contributed by atoms with Crippen LogP contribution in [0.5, 0.6) is 0 Å². The van der Waals surface area contributed by atoms with E-state index in [4.69, 9.17) is 0 Å². The first-order valence-corrected chi connectivity index (χ1v) is 12.4. The minimum atomic E-state index is -0.424. The maximum atomic E-state index is 12.2. The number of thioether (sulfide) groups is 1. The third kappa shape index (κ3) is 17.8. The number of carbonyl (C=O) groups excluding carboxylic acids is 2. The highest BCUT2D eigenvalue weighted by Crippen LogP contribution is 2.17. The third-order valence-electron chi connectivity index (χ3n) is 4.55. The molecule has 0 heterocycles. The van der Waals surface area contributed by atoms with Gasteiger partial charge in [0.05, 0.1) is 10.5 Å². The van der Waals surface area contributed by atoms with Crippen LogP contribution in [0.4, 0.5) is 0 Å². The Morgan fingerprint density at radius 3 is 1.42 bits per heavy atom. The Morgan fingerprint density at radius 2 is 1.09 bits per heavy atom. The molecule has 184 valence electrons. The number of rotatable bonds is 14. The average Bonchev–Trinajstić information content (AvgIpc) is 2.73. The molecule has 0 aliphatic heterocycles. The minimum absolute atomic E-state index is 0.245. The SMILES string of the molecule is CC(C)=CCC/C(C)=C/C=N\NC(=O)[C@H](C)S[C@@H](C)C(=O)N/N=C/C=C(\C)CCC=C(C)C. The fraction of sp³-hybridized carbons (Fsp3) is 0.538. The monoisotopic (exact) mass is 474 g/mol. The van der Waals surface area contributed by atoms with Gasteiger partial charge in [0.15, 0.2) is 0 Å². The van der Waals surface area contributed by atoms with Gasteiger partial charge in [-0.3, -0.25) is 9.59 Å². The summed E-state index contributed by atoms with van der Waals surface area (Å²) in [5.74, 6) is -0.491. The molecule has 0 radical (unpaired) electrons. The number of hydrazone groups is 2. The normalized spacial score (nSPS) is 14.2. The van der Waals surface area contributed by atoms with Crippen LogP contribution in [0.1, 0.15) is 81.1 Å². The molecule has 7 heteroatoms. The quantitative estimate of drug-likeness (QED) is 0.182. The van der Waals surface area contributed by atoms with E-state index in [1.54, 1.807) is 26.3 Å². The van der Waals surface area contributed by atoms with Crippen molar-refractivity contribution >= 4 is 36.0 Å². The summed E-state index contributed by atoms with van der Waals surface area (Å²) in [7, 11) is 0. The van der Waals surface area contributed by atoms with Crippen molar-refractivity contribution in [2.24, 2.45) is 10.2 Å². The Labute approximate surface area is 204 Å². The minimum Gasteiger partial charge on any atom is -0.272 e. The molecule has 0 unspecified atom stereocenters. The van der Waals surface area contributed by atoms with Crippen molar-refractivity contribution in [1.29, 1.82) is 0 Å². The number of carbonyl (C=O) groups is 2. The lowest BCUT2D eigenvalue weighted by molar-refractivity contribution is -0.120. The van der Waals surface area contributed by atoms with E-state index in [2.05, 4.69) is 60.9 Å². The Hall–Kier alpha value is -2.41. The van der Waals surface area contributed by atoms with E-state index in [1.807, 2.05) is 26.0 Å². The zero-order valence-electron chi connectivity index (χ0n) is 21.6. The van der Waals surface area contributed by atoms with Crippen LogP contribution in [0.3, 0.4) is 0 Å². The second kappa shape index (κ2) is 18.1. The highest BCUT2D eigenvalue weighted by molar-refractivity contribution is 8.01. The van der Waals surface area contributed by atoms with Crippen molar-refractivity contribution in [3.63, 3.8) is 0 Å². The first-order chi connectivity index (χ1) is 15.5. The molecule has 0 saturated carbocycles. The summed E-state index contributed by atoms with van der Waals surface area (Å²) in [6.07, 6.45) is 15.3. The molecular weight excluding hydrogens is 432 g/mol. The molecule has 0 aliphatic carbocycles. The van der Waals surface area contributed by atoms with Gasteiger partial charge in [-0.25, -0.2) is 10.9 Å². The third-order valence-corrected chi connectivity index (χ3v) is 5.79. The first kappa shape index (κ1) is 30.6. The molecule has 6 nitrogen and oxygen atoms in total. The standard InChI is InChI=1S/C26H42N4O2S/c1-19(2)11-9-13-21(5)15-17-27-29-25(31)23(7)33-24(8)26(32)30-28-18-16-22(6)14-10-12-20(3)4/h11-12,15-18,23-24H,9-10,13-14H2,1-8H3,(H,29,31)(H,30,32)/b21-15+,22-16+,27-17-,28-18+/t23-,24-/m0/s1.